The summed E-state index contributed by atoms with van der Waals surface area (Å²) in [5.74, 6) is 0.548. The number of anilines is 1. The second-order valence-electron chi connectivity index (χ2n) is 8.93. The molecule has 1 atom stereocenters. The molecule has 0 saturated carbocycles. The van der Waals surface area contributed by atoms with Gasteiger partial charge in [-0.15, -0.1) is 0 Å². The molecule has 0 spiro atoms. The van der Waals surface area contributed by atoms with Gasteiger partial charge in [0, 0.05) is 61.5 Å². The Balaban J connectivity index is 1.56. The highest BCUT2D eigenvalue weighted by Gasteiger charge is 2.25. The van der Waals surface area contributed by atoms with Crippen LogP contribution in [0.5, 0.6) is 5.75 Å². The van der Waals surface area contributed by atoms with Gasteiger partial charge in [0.1, 0.15) is 17.8 Å². The Labute approximate surface area is 204 Å². The zero-order valence-electron chi connectivity index (χ0n) is 20.4. The SMILES string of the molecule is COc1cc2ncnc(-c3cn(C)nc3-c3ccccc3)c2cc1NC(=O)N1CCN(C)C(C)C1. The van der Waals surface area contributed by atoms with Crippen LogP contribution in [0.4, 0.5) is 10.5 Å². The van der Waals surface area contributed by atoms with Crippen LogP contribution in [0, 0.1) is 0 Å². The number of aromatic nitrogens is 4. The smallest absolute Gasteiger partial charge is 0.322 e. The number of likely N-dealkylation sites (N-methyl/N-ethyl adjacent to an activating group) is 1. The fourth-order valence-electron chi connectivity index (χ4n) is 4.46. The molecule has 35 heavy (non-hydrogen) atoms. The third-order valence-corrected chi connectivity index (χ3v) is 6.58. The van der Waals surface area contributed by atoms with E-state index in [9.17, 15) is 4.79 Å². The van der Waals surface area contributed by atoms with E-state index < -0.39 is 0 Å². The summed E-state index contributed by atoms with van der Waals surface area (Å²) in [6.45, 7) is 4.30. The van der Waals surface area contributed by atoms with Gasteiger partial charge in [0.2, 0.25) is 0 Å². The van der Waals surface area contributed by atoms with Crippen LogP contribution in [-0.2, 0) is 7.05 Å². The summed E-state index contributed by atoms with van der Waals surface area (Å²) in [6.07, 6.45) is 3.50. The summed E-state index contributed by atoms with van der Waals surface area (Å²) in [6, 6.07) is 13.9. The van der Waals surface area contributed by atoms with E-state index in [2.05, 4.69) is 34.2 Å². The van der Waals surface area contributed by atoms with Gasteiger partial charge in [-0.1, -0.05) is 30.3 Å². The van der Waals surface area contributed by atoms with Gasteiger partial charge in [-0.25, -0.2) is 14.8 Å². The number of rotatable bonds is 4. The average Bonchev–Trinajstić information content (AvgIpc) is 3.26. The van der Waals surface area contributed by atoms with Crippen LogP contribution in [0.15, 0.2) is 55.0 Å². The molecule has 180 valence electrons. The molecule has 0 bridgehead atoms. The number of nitrogens with one attached hydrogen (secondary N) is 1. The molecule has 1 unspecified atom stereocenters. The Morgan fingerprint density at radius 3 is 2.63 bits per heavy atom. The molecule has 1 aliphatic heterocycles. The third-order valence-electron chi connectivity index (χ3n) is 6.58. The van der Waals surface area contributed by atoms with E-state index in [0.717, 1.165) is 40.0 Å². The molecule has 3 heterocycles. The summed E-state index contributed by atoms with van der Waals surface area (Å²) >= 11 is 0. The van der Waals surface area contributed by atoms with Crippen molar-refractivity contribution in [1.29, 1.82) is 0 Å². The number of methoxy groups -OCH3 is 1. The predicted octanol–water partition coefficient (Wildman–Crippen LogP) is 3.87. The molecular formula is C26H29N7O2. The van der Waals surface area contributed by atoms with E-state index in [-0.39, 0.29) is 6.03 Å². The number of aryl methyl sites for hydroxylation is 1. The first-order valence-corrected chi connectivity index (χ1v) is 11.6. The molecule has 9 heteroatoms. The minimum absolute atomic E-state index is 0.146. The zero-order valence-corrected chi connectivity index (χ0v) is 20.4. The Kier molecular flexibility index (Phi) is 6.08. The molecule has 0 aliphatic carbocycles. The van der Waals surface area contributed by atoms with Crippen molar-refractivity contribution >= 4 is 22.6 Å². The average molecular weight is 472 g/mol. The summed E-state index contributed by atoms with van der Waals surface area (Å²) in [4.78, 5) is 26.3. The molecule has 2 aromatic heterocycles. The second kappa shape index (κ2) is 9.34. The molecule has 1 N–H and O–H groups in total. The zero-order chi connectivity index (χ0) is 24.5. The number of hydrogen-bond donors (Lipinski definition) is 1. The van der Waals surface area contributed by atoms with Crippen LogP contribution >= 0.6 is 0 Å². The van der Waals surface area contributed by atoms with Crippen molar-refractivity contribution < 1.29 is 9.53 Å². The van der Waals surface area contributed by atoms with Gasteiger partial charge in [0.15, 0.2) is 0 Å². The third kappa shape index (κ3) is 4.42. The lowest BCUT2D eigenvalue weighted by molar-refractivity contribution is 0.125. The molecule has 5 rings (SSSR count). The maximum absolute atomic E-state index is 13.1. The van der Waals surface area contributed by atoms with E-state index in [4.69, 9.17) is 9.84 Å². The quantitative estimate of drug-likeness (QED) is 0.486. The number of urea groups is 1. The van der Waals surface area contributed by atoms with Gasteiger partial charge in [-0.3, -0.25) is 4.68 Å². The van der Waals surface area contributed by atoms with Crippen molar-refractivity contribution in [3.63, 3.8) is 0 Å². The lowest BCUT2D eigenvalue weighted by Crippen LogP contribution is -2.53. The predicted molar refractivity (Wildman–Crippen MR) is 136 cm³/mol. The number of nitrogens with zero attached hydrogens (tertiary/aromatic N) is 6. The summed E-state index contributed by atoms with van der Waals surface area (Å²) in [5, 5.41) is 8.56. The minimum atomic E-state index is -0.146. The van der Waals surface area contributed by atoms with Gasteiger partial charge < -0.3 is 19.9 Å². The van der Waals surface area contributed by atoms with Crippen molar-refractivity contribution in [2.45, 2.75) is 13.0 Å². The molecule has 2 amide bonds. The topological polar surface area (TPSA) is 88.4 Å². The summed E-state index contributed by atoms with van der Waals surface area (Å²) < 4.78 is 7.39. The summed E-state index contributed by atoms with van der Waals surface area (Å²) in [5.41, 5.74) is 4.77. The highest BCUT2D eigenvalue weighted by Crippen LogP contribution is 2.37. The van der Waals surface area contributed by atoms with E-state index >= 15 is 0 Å². The summed E-state index contributed by atoms with van der Waals surface area (Å²) in [7, 11) is 5.56. The largest absolute Gasteiger partial charge is 0.494 e. The van der Waals surface area contributed by atoms with Crippen LogP contribution in [0.3, 0.4) is 0 Å². The molecular weight excluding hydrogens is 442 g/mol. The number of carbonyl (C=O) groups is 1. The van der Waals surface area contributed by atoms with Crippen molar-refractivity contribution in [2.24, 2.45) is 7.05 Å². The Bertz CT molecular complexity index is 1370. The Morgan fingerprint density at radius 2 is 1.89 bits per heavy atom. The number of hydrogen-bond acceptors (Lipinski definition) is 6. The van der Waals surface area contributed by atoms with Crippen LogP contribution in [0.1, 0.15) is 6.92 Å². The van der Waals surface area contributed by atoms with Crippen LogP contribution in [0.2, 0.25) is 0 Å². The molecule has 1 saturated heterocycles. The molecule has 1 fully saturated rings. The maximum Gasteiger partial charge on any atom is 0.322 e. The first-order valence-electron chi connectivity index (χ1n) is 11.6. The normalized spacial score (nSPS) is 16.5. The lowest BCUT2D eigenvalue weighted by Gasteiger charge is -2.37. The second-order valence-corrected chi connectivity index (χ2v) is 8.93. The highest BCUT2D eigenvalue weighted by atomic mass is 16.5. The molecule has 2 aromatic carbocycles. The minimum Gasteiger partial charge on any atom is -0.494 e. The first kappa shape index (κ1) is 22.8. The molecule has 4 aromatic rings. The van der Waals surface area contributed by atoms with E-state index in [1.165, 1.54) is 0 Å². The lowest BCUT2D eigenvalue weighted by atomic mass is 10.0. The van der Waals surface area contributed by atoms with Crippen LogP contribution in [0.25, 0.3) is 33.4 Å². The Morgan fingerprint density at radius 1 is 1.09 bits per heavy atom. The highest BCUT2D eigenvalue weighted by molar-refractivity contribution is 6.01. The number of ether oxygens (including phenoxy) is 1. The van der Waals surface area contributed by atoms with Gasteiger partial charge in [-0.05, 0) is 20.0 Å². The van der Waals surface area contributed by atoms with Gasteiger partial charge in [0.25, 0.3) is 0 Å². The van der Waals surface area contributed by atoms with Crippen LogP contribution < -0.4 is 10.1 Å². The molecule has 9 nitrogen and oxygen atoms in total. The van der Waals surface area contributed by atoms with E-state index in [0.29, 0.717) is 30.6 Å². The monoisotopic (exact) mass is 471 g/mol. The van der Waals surface area contributed by atoms with Gasteiger partial charge in [-0.2, -0.15) is 5.10 Å². The fraction of sp³-hybridized carbons (Fsp3) is 0.308. The maximum atomic E-state index is 13.1. The van der Waals surface area contributed by atoms with E-state index in [1.54, 1.807) is 18.1 Å². The van der Waals surface area contributed by atoms with Crippen molar-refractivity contribution in [2.75, 3.05) is 39.1 Å². The van der Waals surface area contributed by atoms with Gasteiger partial charge >= 0.3 is 6.03 Å². The standard InChI is InChI=1S/C26H29N7O2/c1-17-14-33(11-10-31(17)2)26(34)29-22-12-19-21(13-23(22)35-4)27-16-28-25(19)20-15-32(3)30-24(20)18-8-6-5-7-9-18/h5-9,12-13,15-17H,10-11,14H2,1-4H3,(H,29,34). The van der Waals surface area contributed by atoms with E-state index in [1.807, 2.05) is 60.6 Å². The van der Waals surface area contributed by atoms with Gasteiger partial charge in [0.05, 0.1) is 24.0 Å². The van der Waals surface area contributed by atoms with Crippen molar-refractivity contribution in [3.8, 4) is 28.3 Å². The number of benzene rings is 2. The Hall–Kier alpha value is -3.98. The van der Waals surface area contributed by atoms with Crippen molar-refractivity contribution in [3.05, 3.63) is 55.0 Å². The van der Waals surface area contributed by atoms with Crippen LogP contribution in [-0.4, -0.2) is 75.4 Å². The fourth-order valence-corrected chi connectivity index (χ4v) is 4.46. The molecule has 0 radical (unpaired) electrons. The molecule has 1 aliphatic rings. The first-order chi connectivity index (χ1) is 16.9. The number of carbonyl (C=O) groups excluding carboxylic acids is 1. The number of amides is 2. The number of fused-ring (bicyclic) bond motifs is 1. The van der Waals surface area contributed by atoms with Crippen molar-refractivity contribution in [1.82, 2.24) is 29.5 Å². The number of piperazine rings is 1.